The molecular weight excluding hydrogens is 192 g/mol. The Morgan fingerprint density at radius 3 is 2.64 bits per heavy atom. The van der Waals surface area contributed by atoms with Crippen LogP contribution in [0.15, 0.2) is 0 Å². The van der Waals surface area contributed by atoms with Crippen LogP contribution in [-0.2, 0) is 4.74 Å². The van der Waals surface area contributed by atoms with Crippen molar-refractivity contribution in [3.8, 4) is 0 Å². The lowest BCUT2D eigenvalue weighted by Crippen LogP contribution is -2.51. The molecule has 0 spiro atoms. The lowest BCUT2D eigenvalue weighted by Gasteiger charge is -2.34. The van der Waals surface area contributed by atoms with Crippen molar-refractivity contribution in [2.75, 3.05) is 6.54 Å². The zero-order valence-corrected chi connectivity index (χ0v) is 7.46. The largest absolute Gasteiger partial charge is 0.390 e. The molecule has 0 aromatic heterocycles. The average molecular weight is 206 g/mol. The molecule has 1 rings (SSSR count). The molecule has 0 radical (unpaired) electrons. The third kappa shape index (κ3) is 2.81. The van der Waals surface area contributed by atoms with Crippen LogP contribution in [0.2, 0.25) is 0 Å². The summed E-state index contributed by atoms with van der Waals surface area (Å²) in [5.41, 5.74) is 4.83. The summed E-state index contributed by atoms with van der Waals surface area (Å²) in [5, 5.41) is 29.7. The molecule has 1 fully saturated rings. The molecule has 0 aromatic carbocycles. The van der Waals surface area contributed by atoms with E-state index in [1.165, 1.54) is 0 Å². The fourth-order valence-corrected chi connectivity index (χ4v) is 1.28. The summed E-state index contributed by atoms with van der Waals surface area (Å²) < 4.78 is 4.89. The summed E-state index contributed by atoms with van der Waals surface area (Å²) in [6.07, 6.45) is -4.20. The molecule has 0 unspecified atom stereocenters. The van der Waals surface area contributed by atoms with Crippen LogP contribution in [0.1, 0.15) is 6.42 Å². The summed E-state index contributed by atoms with van der Waals surface area (Å²) in [6, 6.07) is -0.705. The Bertz CT molecular complexity index is 200. The zero-order valence-electron chi connectivity index (χ0n) is 7.46. The highest BCUT2D eigenvalue weighted by atomic mass is 16.6. The second-order valence-electron chi connectivity index (χ2n) is 3.19. The number of urea groups is 1. The predicted octanol–water partition coefficient (Wildman–Crippen LogP) is -2.52. The van der Waals surface area contributed by atoms with E-state index in [2.05, 4.69) is 5.32 Å². The maximum atomic E-state index is 10.4. The lowest BCUT2D eigenvalue weighted by molar-refractivity contribution is -0.245. The maximum Gasteiger partial charge on any atom is 0.312 e. The number of carbonyl (C=O) groups excluding carboxylic acids is 1. The fourth-order valence-electron chi connectivity index (χ4n) is 1.28. The molecule has 2 amide bonds. The van der Waals surface area contributed by atoms with E-state index in [0.717, 1.165) is 0 Å². The third-order valence-corrected chi connectivity index (χ3v) is 2.03. The molecule has 7 nitrogen and oxygen atoms in total. The first-order chi connectivity index (χ1) is 6.50. The quantitative estimate of drug-likeness (QED) is 0.341. The van der Waals surface area contributed by atoms with Crippen LogP contribution < -0.4 is 11.1 Å². The summed E-state index contributed by atoms with van der Waals surface area (Å²) >= 11 is 0. The number of aliphatic hydroxyl groups excluding tert-OH is 3. The summed E-state index contributed by atoms with van der Waals surface area (Å²) in [6.45, 7) is 0.0934. The third-order valence-electron chi connectivity index (χ3n) is 2.03. The van der Waals surface area contributed by atoms with E-state index in [4.69, 9.17) is 20.7 Å². The smallest absolute Gasteiger partial charge is 0.312 e. The van der Waals surface area contributed by atoms with Gasteiger partial charge in [-0.1, -0.05) is 0 Å². The number of nitrogens with two attached hydrogens (primary N) is 1. The second-order valence-corrected chi connectivity index (χ2v) is 3.19. The molecule has 0 aromatic rings. The van der Waals surface area contributed by atoms with Crippen LogP contribution in [-0.4, -0.2) is 52.5 Å². The van der Waals surface area contributed by atoms with Crippen molar-refractivity contribution in [1.82, 2.24) is 5.32 Å². The maximum absolute atomic E-state index is 10.4. The Kier molecular flexibility index (Phi) is 3.64. The van der Waals surface area contributed by atoms with Crippen molar-refractivity contribution < 1.29 is 24.9 Å². The van der Waals surface area contributed by atoms with E-state index >= 15 is 0 Å². The standard InChI is InChI=1S/C7H14N2O5/c8-7(13)9-2-3-1-4(10)5(11)6(12)14-3/h3-6,10-12H,1-2H2,(H3,8,9,13)/t3-,4+,5+,6+/m0/s1. The van der Waals surface area contributed by atoms with E-state index in [1.807, 2.05) is 0 Å². The fraction of sp³-hybridized carbons (Fsp3) is 0.857. The Hall–Kier alpha value is -0.890. The van der Waals surface area contributed by atoms with E-state index in [9.17, 15) is 9.90 Å². The molecule has 1 heterocycles. The minimum absolute atomic E-state index is 0.0934. The number of rotatable bonds is 2. The zero-order chi connectivity index (χ0) is 10.7. The van der Waals surface area contributed by atoms with Crippen molar-refractivity contribution in [1.29, 1.82) is 0 Å². The number of hydrogen-bond acceptors (Lipinski definition) is 5. The Labute approximate surface area is 80.5 Å². The first-order valence-corrected chi connectivity index (χ1v) is 4.23. The van der Waals surface area contributed by atoms with Crippen molar-refractivity contribution in [2.24, 2.45) is 5.73 Å². The van der Waals surface area contributed by atoms with Gasteiger partial charge < -0.3 is 31.1 Å². The number of primary amides is 1. The number of hydrogen-bond donors (Lipinski definition) is 5. The second kappa shape index (κ2) is 4.56. The summed E-state index contributed by atoms with van der Waals surface area (Å²) in [7, 11) is 0. The first-order valence-electron chi connectivity index (χ1n) is 4.23. The Morgan fingerprint density at radius 1 is 1.50 bits per heavy atom. The molecule has 0 aliphatic carbocycles. The van der Waals surface area contributed by atoms with Gasteiger partial charge in [0.25, 0.3) is 0 Å². The Morgan fingerprint density at radius 2 is 2.14 bits per heavy atom. The topological polar surface area (TPSA) is 125 Å². The molecule has 1 saturated heterocycles. The minimum atomic E-state index is -1.43. The van der Waals surface area contributed by atoms with E-state index in [1.54, 1.807) is 0 Å². The number of nitrogens with one attached hydrogen (secondary N) is 1. The highest BCUT2D eigenvalue weighted by Crippen LogP contribution is 2.18. The molecule has 82 valence electrons. The minimum Gasteiger partial charge on any atom is -0.390 e. The van der Waals surface area contributed by atoms with Gasteiger partial charge in [0.15, 0.2) is 6.29 Å². The molecule has 0 bridgehead atoms. The molecule has 7 heteroatoms. The van der Waals surface area contributed by atoms with E-state index < -0.39 is 30.6 Å². The van der Waals surface area contributed by atoms with Gasteiger partial charge in [-0.2, -0.15) is 0 Å². The van der Waals surface area contributed by atoms with Gasteiger partial charge >= 0.3 is 6.03 Å². The highest BCUT2D eigenvalue weighted by molar-refractivity contribution is 5.71. The van der Waals surface area contributed by atoms with Gasteiger partial charge in [0, 0.05) is 13.0 Å². The summed E-state index contributed by atoms with van der Waals surface area (Å²) in [5.74, 6) is 0. The monoisotopic (exact) mass is 206 g/mol. The average Bonchev–Trinajstić information content (AvgIpc) is 2.10. The van der Waals surface area contributed by atoms with Gasteiger partial charge in [0.05, 0.1) is 12.2 Å². The molecule has 4 atom stereocenters. The normalized spacial score (nSPS) is 37.9. The number of amides is 2. The first kappa shape index (κ1) is 11.2. The van der Waals surface area contributed by atoms with Gasteiger partial charge in [0.2, 0.25) is 0 Å². The van der Waals surface area contributed by atoms with Gasteiger partial charge in [-0.3, -0.25) is 0 Å². The van der Waals surface area contributed by atoms with Crippen LogP contribution >= 0.6 is 0 Å². The van der Waals surface area contributed by atoms with E-state index in [-0.39, 0.29) is 13.0 Å². The van der Waals surface area contributed by atoms with Crippen LogP contribution in [0.3, 0.4) is 0 Å². The molecule has 0 saturated carbocycles. The van der Waals surface area contributed by atoms with Crippen molar-refractivity contribution in [3.63, 3.8) is 0 Å². The SMILES string of the molecule is NC(=O)NC[C@@H]1C[C@@H](O)[C@@H](O)[C@H](O)O1. The lowest BCUT2D eigenvalue weighted by atomic mass is 10.0. The number of carbonyl (C=O) groups is 1. The van der Waals surface area contributed by atoms with Gasteiger partial charge in [-0.15, -0.1) is 0 Å². The highest BCUT2D eigenvalue weighted by Gasteiger charge is 2.35. The summed E-state index contributed by atoms with van der Waals surface area (Å²) in [4.78, 5) is 10.4. The molecule has 1 aliphatic rings. The van der Waals surface area contributed by atoms with Gasteiger partial charge in [-0.25, -0.2) is 4.79 Å². The van der Waals surface area contributed by atoms with Crippen LogP contribution in [0.25, 0.3) is 0 Å². The predicted molar refractivity (Wildman–Crippen MR) is 45.1 cm³/mol. The van der Waals surface area contributed by atoms with Crippen LogP contribution in [0, 0.1) is 0 Å². The molecule has 14 heavy (non-hydrogen) atoms. The molecule has 1 aliphatic heterocycles. The Balaban J connectivity index is 2.38. The van der Waals surface area contributed by atoms with Crippen molar-refractivity contribution in [3.05, 3.63) is 0 Å². The number of aliphatic hydroxyl groups is 3. The van der Waals surface area contributed by atoms with Crippen molar-refractivity contribution in [2.45, 2.75) is 31.0 Å². The van der Waals surface area contributed by atoms with Gasteiger partial charge in [-0.05, 0) is 0 Å². The molecular formula is C7H14N2O5. The van der Waals surface area contributed by atoms with E-state index in [0.29, 0.717) is 0 Å². The van der Waals surface area contributed by atoms with Crippen molar-refractivity contribution >= 4 is 6.03 Å². The van der Waals surface area contributed by atoms with Gasteiger partial charge in [0.1, 0.15) is 6.10 Å². The van der Waals surface area contributed by atoms with Crippen LogP contribution in [0.4, 0.5) is 4.79 Å². The molecule has 6 N–H and O–H groups in total. The van der Waals surface area contributed by atoms with Crippen LogP contribution in [0.5, 0.6) is 0 Å². The number of ether oxygens (including phenoxy) is 1.